The molecular formula is C15H15N5O3. The molecule has 0 radical (unpaired) electrons. The van der Waals surface area contributed by atoms with Crippen LogP contribution in [0.3, 0.4) is 0 Å². The third-order valence-corrected chi connectivity index (χ3v) is 3.71. The molecule has 2 aromatic rings. The van der Waals surface area contributed by atoms with Gasteiger partial charge in [-0.15, -0.1) is 0 Å². The van der Waals surface area contributed by atoms with Gasteiger partial charge >= 0.3 is 0 Å². The Morgan fingerprint density at radius 3 is 2.83 bits per heavy atom. The number of nitrogens with zero attached hydrogens (tertiary/aromatic N) is 2. The summed E-state index contributed by atoms with van der Waals surface area (Å²) in [6.45, 7) is 2.03. The van der Waals surface area contributed by atoms with Crippen molar-refractivity contribution in [2.45, 2.75) is 13.3 Å². The number of aromatic nitrogens is 2. The quantitative estimate of drug-likeness (QED) is 0.745. The molecule has 0 fully saturated rings. The van der Waals surface area contributed by atoms with E-state index in [0.29, 0.717) is 23.0 Å². The highest BCUT2D eigenvalue weighted by atomic mass is 16.2. The number of carbonyl (C=O) groups is 2. The Hall–Kier alpha value is -3.03. The number of fused-ring (bicyclic) bond motifs is 1. The molecule has 0 saturated heterocycles. The van der Waals surface area contributed by atoms with Crippen LogP contribution in [0.1, 0.15) is 24.0 Å². The number of benzene rings is 1. The van der Waals surface area contributed by atoms with Crippen LogP contribution in [0, 0.1) is 5.92 Å². The predicted octanol–water partition coefficient (Wildman–Crippen LogP) is 0.165. The van der Waals surface area contributed by atoms with Crippen LogP contribution < -0.4 is 16.3 Å². The molecule has 0 spiro atoms. The van der Waals surface area contributed by atoms with Gasteiger partial charge < -0.3 is 10.3 Å². The lowest BCUT2D eigenvalue weighted by molar-refractivity contribution is -0.122. The molecule has 8 heteroatoms. The van der Waals surface area contributed by atoms with E-state index in [0.717, 1.165) is 0 Å². The molecular weight excluding hydrogens is 298 g/mol. The van der Waals surface area contributed by atoms with Crippen molar-refractivity contribution in [1.29, 1.82) is 0 Å². The second-order valence-corrected chi connectivity index (χ2v) is 5.26. The standard InChI is InChI=1S/C15H15N5O3/c1-8-9(14(22)20-19-8)6-7-16-15(23)12-17-11-5-3-2-4-10(11)13(21)18-12/h2-5,9H,6-7H2,1H3,(H,16,23)(H,20,22)(H,17,18,21)/t9-/m0/s1. The summed E-state index contributed by atoms with van der Waals surface area (Å²) < 4.78 is 0. The zero-order chi connectivity index (χ0) is 16.4. The molecule has 23 heavy (non-hydrogen) atoms. The fraction of sp³-hybridized carbons (Fsp3) is 0.267. The lowest BCUT2D eigenvalue weighted by Gasteiger charge is -2.09. The summed E-state index contributed by atoms with van der Waals surface area (Å²) in [5.41, 5.74) is 3.18. The number of amides is 2. The first kappa shape index (κ1) is 14.9. The number of para-hydroxylation sites is 1. The second-order valence-electron chi connectivity index (χ2n) is 5.26. The first-order chi connectivity index (χ1) is 11.1. The van der Waals surface area contributed by atoms with Crippen LogP contribution in [0.25, 0.3) is 10.9 Å². The molecule has 1 aromatic carbocycles. The number of nitrogens with one attached hydrogen (secondary N) is 3. The molecule has 0 unspecified atom stereocenters. The van der Waals surface area contributed by atoms with Crippen molar-refractivity contribution >= 4 is 28.4 Å². The first-order valence-electron chi connectivity index (χ1n) is 7.17. The van der Waals surface area contributed by atoms with Gasteiger partial charge in [-0.25, -0.2) is 10.4 Å². The van der Waals surface area contributed by atoms with Crippen LogP contribution in [0.5, 0.6) is 0 Å². The molecule has 1 aliphatic rings. The lowest BCUT2D eigenvalue weighted by Crippen LogP contribution is -2.32. The monoisotopic (exact) mass is 313 g/mol. The van der Waals surface area contributed by atoms with E-state index >= 15 is 0 Å². The number of hydrogen-bond donors (Lipinski definition) is 3. The molecule has 0 aliphatic carbocycles. The fourth-order valence-corrected chi connectivity index (χ4v) is 2.44. The molecule has 1 atom stereocenters. The van der Waals surface area contributed by atoms with Crippen LogP contribution >= 0.6 is 0 Å². The summed E-state index contributed by atoms with van der Waals surface area (Å²) in [4.78, 5) is 42.2. The molecule has 1 aliphatic heterocycles. The Labute approximate surface area is 131 Å². The number of carbonyl (C=O) groups excluding carboxylic acids is 2. The van der Waals surface area contributed by atoms with Crippen molar-refractivity contribution in [2.24, 2.45) is 11.0 Å². The number of hydrazone groups is 1. The van der Waals surface area contributed by atoms with Crippen molar-refractivity contribution in [2.75, 3.05) is 6.54 Å². The largest absolute Gasteiger partial charge is 0.349 e. The lowest BCUT2D eigenvalue weighted by atomic mass is 10.0. The maximum absolute atomic E-state index is 12.1. The van der Waals surface area contributed by atoms with Gasteiger partial charge in [-0.2, -0.15) is 5.10 Å². The van der Waals surface area contributed by atoms with E-state index in [1.165, 1.54) is 0 Å². The average Bonchev–Trinajstić information content (AvgIpc) is 2.86. The molecule has 0 bridgehead atoms. The molecule has 0 saturated carbocycles. The van der Waals surface area contributed by atoms with Gasteiger partial charge in [0.1, 0.15) is 0 Å². The summed E-state index contributed by atoms with van der Waals surface area (Å²) in [6, 6.07) is 6.79. The number of rotatable bonds is 4. The minimum Gasteiger partial charge on any atom is -0.349 e. The molecule has 3 N–H and O–H groups in total. The summed E-state index contributed by atoms with van der Waals surface area (Å²) in [7, 11) is 0. The molecule has 1 aromatic heterocycles. The van der Waals surface area contributed by atoms with Crippen molar-refractivity contribution < 1.29 is 9.59 Å². The second kappa shape index (κ2) is 5.99. The summed E-state index contributed by atoms with van der Waals surface area (Å²) in [5, 5.41) is 6.93. The Bertz CT molecular complexity index is 871. The Kier molecular flexibility index (Phi) is 3.88. The van der Waals surface area contributed by atoms with Gasteiger partial charge in [-0.1, -0.05) is 12.1 Å². The fourth-order valence-electron chi connectivity index (χ4n) is 2.44. The van der Waals surface area contributed by atoms with Crippen LogP contribution in [0.15, 0.2) is 34.2 Å². The van der Waals surface area contributed by atoms with Crippen LogP contribution in [-0.4, -0.2) is 34.0 Å². The van der Waals surface area contributed by atoms with Crippen LogP contribution in [0.4, 0.5) is 0 Å². The number of hydrogen-bond acceptors (Lipinski definition) is 5. The van der Waals surface area contributed by atoms with Crippen molar-refractivity contribution in [3.05, 3.63) is 40.4 Å². The summed E-state index contributed by atoms with van der Waals surface area (Å²) in [5.74, 6) is -1.04. The van der Waals surface area contributed by atoms with Crippen molar-refractivity contribution in [3.63, 3.8) is 0 Å². The smallest absolute Gasteiger partial charge is 0.287 e. The normalized spacial score (nSPS) is 17.0. The molecule has 2 heterocycles. The zero-order valence-corrected chi connectivity index (χ0v) is 12.4. The third-order valence-electron chi connectivity index (χ3n) is 3.71. The van der Waals surface area contributed by atoms with E-state index in [1.54, 1.807) is 31.2 Å². The SMILES string of the molecule is CC1=NNC(=O)[C@H]1CCNC(=O)c1nc2ccccc2c(=O)[nH]1. The molecule has 118 valence electrons. The van der Waals surface area contributed by atoms with E-state index in [9.17, 15) is 14.4 Å². The predicted molar refractivity (Wildman–Crippen MR) is 84.1 cm³/mol. The van der Waals surface area contributed by atoms with Gasteiger partial charge in [0.05, 0.1) is 16.8 Å². The minimum absolute atomic E-state index is 0.0463. The Morgan fingerprint density at radius 1 is 1.30 bits per heavy atom. The maximum atomic E-state index is 12.1. The average molecular weight is 313 g/mol. The third kappa shape index (κ3) is 2.96. The number of H-pyrrole nitrogens is 1. The number of aromatic amines is 1. The Balaban J connectivity index is 1.68. The summed E-state index contributed by atoms with van der Waals surface area (Å²) in [6.07, 6.45) is 0.435. The van der Waals surface area contributed by atoms with Crippen LogP contribution in [0.2, 0.25) is 0 Å². The minimum atomic E-state index is -0.485. The van der Waals surface area contributed by atoms with Gasteiger partial charge in [-0.05, 0) is 25.5 Å². The highest BCUT2D eigenvalue weighted by Crippen LogP contribution is 2.10. The molecule has 2 amide bonds. The van der Waals surface area contributed by atoms with Gasteiger partial charge in [0.15, 0.2) is 5.82 Å². The van der Waals surface area contributed by atoms with Crippen molar-refractivity contribution in [3.8, 4) is 0 Å². The summed E-state index contributed by atoms with van der Waals surface area (Å²) >= 11 is 0. The van der Waals surface area contributed by atoms with E-state index < -0.39 is 5.91 Å². The van der Waals surface area contributed by atoms with E-state index in [2.05, 4.69) is 25.8 Å². The highest BCUT2D eigenvalue weighted by molar-refractivity contribution is 6.06. The topological polar surface area (TPSA) is 116 Å². The van der Waals surface area contributed by atoms with E-state index in [-0.39, 0.29) is 29.8 Å². The molecule has 3 rings (SSSR count). The first-order valence-corrected chi connectivity index (χ1v) is 7.17. The van der Waals surface area contributed by atoms with Gasteiger partial charge in [0.25, 0.3) is 11.5 Å². The molecule has 8 nitrogen and oxygen atoms in total. The van der Waals surface area contributed by atoms with E-state index in [4.69, 9.17) is 0 Å². The van der Waals surface area contributed by atoms with Gasteiger partial charge in [-0.3, -0.25) is 14.4 Å². The Morgan fingerprint density at radius 2 is 2.09 bits per heavy atom. The zero-order valence-electron chi connectivity index (χ0n) is 12.4. The van der Waals surface area contributed by atoms with Crippen molar-refractivity contribution in [1.82, 2.24) is 20.7 Å². The van der Waals surface area contributed by atoms with Gasteiger partial charge in [0.2, 0.25) is 5.91 Å². The van der Waals surface area contributed by atoms with Crippen LogP contribution in [-0.2, 0) is 4.79 Å². The maximum Gasteiger partial charge on any atom is 0.287 e. The van der Waals surface area contributed by atoms with Gasteiger partial charge in [0, 0.05) is 12.3 Å². The van der Waals surface area contributed by atoms with E-state index in [1.807, 2.05) is 0 Å². The highest BCUT2D eigenvalue weighted by Gasteiger charge is 2.26.